The highest BCUT2D eigenvalue weighted by Crippen LogP contribution is 2.24. The van der Waals surface area contributed by atoms with Crippen LogP contribution < -0.4 is 4.74 Å². The SMILES string of the molecule is COc1ccc(CC(=O)CC(=O)c2ccc(O)cc2O)cc1. The van der Waals surface area contributed by atoms with Crippen molar-refractivity contribution in [2.24, 2.45) is 0 Å². The van der Waals surface area contributed by atoms with E-state index >= 15 is 0 Å². The number of ketones is 2. The van der Waals surface area contributed by atoms with Crippen LogP contribution in [0.15, 0.2) is 42.5 Å². The van der Waals surface area contributed by atoms with Gasteiger partial charge in [0.2, 0.25) is 0 Å². The number of rotatable bonds is 6. The number of carbonyl (C=O) groups excluding carboxylic acids is 2. The molecule has 2 aromatic rings. The van der Waals surface area contributed by atoms with E-state index in [1.54, 1.807) is 31.4 Å². The third-order valence-electron chi connectivity index (χ3n) is 3.20. The van der Waals surface area contributed by atoms with Crippen LogP contribution in [-0.2, 0) is 11.2 Å². The van der Waals surface area contributed by atoms with Crippen LogP contribution in [0.3, 0.4) is 0 Å². The summed E-state index contributed by atoms with van der Waals surface area (Å²) < 4.78 is 5.03. The van der Waals surface area contributed by atoms with Crippen LogP contribution in [0.25, 0.3) is 0 Å². The van der Waals surface area contributed by atoms with Crippen molar-refractivity contribution in [1.82, 2.24) is 0 Å². The molecule has 0 unspecified atom stereocenters. The van der Waals surface area contributed by atoms with Gasteiger partial charge in [0.05, 0.1) is 19.1 Å². The maximum atomic E-state index is 12.0. The highest BCUT2D eigenvalue weighted by Gasteiger charge is 2.16. The number of ether oxygens (including phenoxy) is 1. The number of phenols is 2. The van der Waals surface area contributed by atoms with E-state index in [1.807, 2.05) is 0 Å². The topological polar surface area (TPSA) is 83.8 Å². The Hall–Kier alpha value is -2.82. The fourth-order valence-corrected chi connectivity index (χ4v) is 2.06. The molecule has 2 aromatic carbocycles. The third-order valence-corrected chi connectivity index (χ3v) is 3.20. The van der Waals surface area contributed by atoms with Gasteiger partial charge in [-0.2, -0.15) is 0 Å². The number of benzene rings is 2. The van der Waals surface area contributed by atoms with Crippen LogP contribution in [0.1, 0.15) is 22.3 Å². The molecular formula is C17H16O5. The van der Waals surface area contributed by atoms with Crippen molar-refractivity contribution in [3.63, 3.8) is 0 Å². The highest BCUT2D eigenvalue weighted by molar-refractivity contribution is 6.09. The average Bonchev–Trinajstić information content (AvgIpc) is 2.47. The number of Topliss-reactive ketones (excluding diaryl/α,β-unsaturated/α-hetero) is 2. The van der Waals surface area contributed by atoms with E-state index in [4.69, 9.17) is 4.74 Å². The van der Waals surface area contributed by atoms with E-state index in [0.717, 1.165) is 11.6 Å². The lowest BCUT2D eigenvalue weighted by Gasteiger charge is -2.05. The molecular weight excluding hydrogens is 284 g/mol. The maximum Gasteiger partial charge on any atom is 0.173 e. The lowest BCUT2D eigenvalue weighted by molar-refractivity contribution is -0.117. The Bertz CT molecular complexity index is 689. The molecule has 0 aromatic heterocycles. The third kappa shape index (κ3) is 3.85. The molecule has 22 heavy (non-hydrogen) atoms. The summed E-state index contributed by atoms with van der Waals surface area (Å²) in [6, 6.07) is 10.7. The molecule has 0 aliphatic rings. The molecule has 0 radical (unpaired) electrons. The maximum absolute atomic E-state index is 12.0. The van der Waals surface area contributed by atoms with Gasteiger partial charge in [-0.05, 0) is 29.8 Å². The normalized spacial score (nSPS) is 10.2. The summed E-state index contributed by atoms with van der Waals surface area (Å²) in [6.07, 6.45) is -0.168. The fourth-order valence-electron chi connectivity index (χ4n) is 2.06. The minimum Gasteiger partial charge on any atom is -0.508 e. The Morgan fingerprint density at radius 3 is 2.32 bits per heavy atom. The molecule has 2 rings (SSSR count). The van der Waals surface area contributed by atoms with E-state index in [9.17, 15) is 19.8 Å². The molecule has 2 N–H and O–H groups in total. The second kappa shape index (κ2) is 6.76. The zero-order valence-electron chi connectivity index (χ0n) is 12.1. The van der Waals surface area contributed by atoms with Gasteiger partial charge in [0, 0.05) is 12.5 Å². The van der Waals surface area contributed by atoms with Gasteiger partial charge in [0.1, 0.15) is 23.0 Å². The Kier molecular flexibility index (Phi) is 4.78. The van der Waals surface area contributed by atoms with Crippen LogP contribution in [0, 0.1) is 0 Å². The summed E-state index contributed by atoms with van der Waals surface area (Å²) >= 11 is 0. The van der Waals surface area contributed by atoms with Crippen molar-refractivity contribution in [1.29, 1.82) is 0 Å². The van der Waals surface area contributed by atoms with Crippen molar-refractivity contribution < 1.29 is 24.5 Å². The number of aromatic hydroxyl groups is 2. The minimum absolute atomic E-state index is 0.0286. The van der Waals surface area contributed by atoms with Crippen molar-refractivity contribution in [2.45, 2.75) is 12.8 Å². The summed E-state index contributed by atoms with van der Waals surface area (Å²) in [5, 5.41) is 18.8. The molecule has 0 atom stereocenters. The van der Waals surface area contributed by atoms with Gasteiger partial charge in [-0.1, -0.05) is 12.1 Å². The molecule has 0 aliphatic carbocycles. The summed E-state index contributed by atoms with van der Waals surface area (Å²) in [5.41, 5.74) is 0.814. The Labute approximate surface area is 127 Å². The molecule has 5 heteroatoms. The zero-order valence-corrected chi connectivity index (χ0v) is 12.1. The molecule has 0 fully saturated rings. The molecule has 0 amide bonds. The first-order valence-electron chi connectivity index (χ1n) is 6.69. The van der Waals surface area contributed by atoms with E-state index in [-0.39, 0.29) is 35.7 Å². The van der Waals surface area contributed by atoms with Crippen LogP contribution in [-0.4, -0.2) is 28.9 Å². The first kappa shape index (κ1) is 15.6. The van der Waals surface area contributed by atoms with E-state index < -0.39 is 5.78 Å². The second-order valence-corrected chi connectivity index (χ2v) is 4.86. The van der Waals surface area contributed by atoms with Gasteiger partial charge in [-0.25, -0.2) is 0 Å². The fraction of sp³-hybridized carbons (Fsp3) is 0.176. The average molecular weight is 300 g/mol. The van der Waals surface area contributed by atoms with Crippen LogP contribution in [0.2, 0.25) is 0 Å². The second-order valence-electron chi connectivity index (χ2n) is 4.86. The van der Waals surface area contributed by atoms with Crippen LogP contribution >= 0.6 is 0 Å². The standard InChI is InChI=1S/C17H16O5/c1-22-14-5-2-11(3-6-14)8-13(19)10-17(21)15-7-4-12(18)9-16(15)20/h2-7,9,18,20H,8,10H2,1H3. The highest BCUT2D eigenvalue weighted by atomic mass is 16.5. The van der Waals surface area contributed by atoms with Gasteiger partial charge in [0.25, 0.3) is 0 Å². The first-order valence-corrected chi connectivity index (χ1v) is 6.69. The van der Waals surface area contributed by atoms with Crippen LogP contribution in [0.5, 0.6) is 17.2 Å². The summed E-state index contributed by atoms with van der Waals surface area (Å²) in [5.74, 6) is -0.499. The van der Waals surface area contributed by atoms with Gasteiger partial charge in [-0.15, -0.1) is 0 Å². The summed E-state index contributed by atoms with van der Waals surface area (Å²) in [4.78, 5) is 23.9. The number of hydrogen-bond donors (Lipinski definition) is 2. The molecule has 0 spiro atoms. The zero-order chi connectivity index (χ0) is 16.1. The molecule has 0 saturated heterocycles. The summed E-state index contributed by atoms with van der Waals surface area (Å²) in [7, 11) is 1.56. The van der Waals surface area contributed by atoms with Crippen molar-refractivity contribution >= 4 is 11.6 Å². The quantitative estimate of drug-likeness (QED) is 0.632. The number of phenolic OH excluding ortho intramolecular Hbond substituents is 2. The van der Waals surface area contributed by atoms with E-state index in [2.05, 4.69) is 0 Å². The van der Waals surface area contributed by atoms with Crippen molar-refractivity contribution in [2.75, 3.05) is 7.11 Å². The first-order chi connectivity index (χ1) is 10.5. The molecule has 0 aliphatic heterocycles. The largest absolute Gasteiger partial charge is 0.508 e. The molecule has 0 heterocycles. The number of hydrogen-bond acceptors (Lipinski definition) is 5. The smallest absolute Gasteiger partial charge is 0.173 e. The predicted octanol–water partition coefficient (Wildman–Crippen LogP) is 2.49. The Balaban J connectivity index is 2.00. The minimum atomic E-state index is -0.476. The molecule has 0 bridgehead atoms. The van der Waals surface area contributed by atoms with Crippen molar-refractivity contribution in [3.05, 3.63) is 53.6 Å². The van der Waals surface area contributed by atoms with E-state index in [1.165, 1.54) is 12.1 Å². The lowest BCUT2D eigenvalue weighted by atomic mass is 10.0. The predicted molar refractivity (Wildman–Crippen MR) is 80.4 cm³/mol. The Morgan fingerprint density at radius 2 is 1.73 bits per heavy atom. The molecule has 0 saturated carbocycles. The Morgan fingerprint density at radius 1 is 1.05 bits per heavy atom. The monoisotopic (exact) mass is 300 g/mol. The summed E-state index contributed by atoms with van der Waals surface area (Å²) in [6.45, 7) is 0. The molecule has 5 nitrogen and oxygen atoms in total. The van der Waals surface area contributed by atoms with Gasteiger partial charge < -0.3 is 14.9 Å². The number of carbonyl (C=O) groups is 2. The lowest BCUT2D eigenvalue weighted by Crippen LogP contribution is -2.10. The van der Waals surface area contributed by atoms with Crippen molar-refractivity contribution in [3.8, 4) is 17.2 Å². The molecule has 114 valence electrons. The van der Waals surface area contributed by atoms with Gasteiger partial charge in [-0.3, -0.25) is 9.59 Å². The number of methoxy groups -OCH3 is 1. The van der Waals surface area contributed by atoms with Crippen LogP contribution in [0.4, 0.5) is 0 Å². The van der Waals surface area contributed by atoms with E-state index in [0.29, 0.717) is 5.75 Å². The van der Waals surface area contributed by atoms with Gasteiger partial charge >= 0.3 is 0 Å². The van der Waals surface area contributed by atoms with Gasteiger partial charge in [0.15, 0.2) is 5.78 Å².